The lowest BCUT2D eigenvalue weighted by atomic mass is 10.2. The summed E-state index contributed by atoms with van der Waals surface area (Å²) < 4.78 is 49.6. The summed E-state index contributed by atoms with van der Waals surface area (Å²) in [5.41, 5.74) is 0.640. The molecule has 9 heteroatoms. The van der Waals surface area contributed by atoms with Gasteiger partial charge in [0.25, 0.3) is 0 Å². The third-order valence-electron chi connectivity index (χ3n) is 2.64. The highest BCUT2D eigenvalue weighted by Crippen LogP contribution is 2.44. The first-order valence-electron chi connectivity index (χ1n) is 6.07. The van der Waals surface area contributed by atoms with E-state index in [1.54, 1.807) is 44.2 Å². The number of hydrogen-bond acceptors (Lipinski definition) is 2. The smallest absolute Gasteiger partial charge is 0.317 e. The summed E-state index contributed by atoms with van der Waals surface area (Å²) in [7, 11) is -4.66. The van der Waals surface area contributed by atoms with Crippen LogP contribution in [-0.2, 0) is 15.9 Å². The van der Waals surface area contributed by atoms with Gasteiger partial charge in [-0.3, -0.25) is 9.88 Å². The van der Waals surface area contributed by atoms with Gasteiger partial charge in [-0.2, -0.15) is 13.2 Å². The van der Waals surface area contributed by atoms with Crippen LogP contribution in [0.3, 0.4) is 0 Å². The molecule has 0 saturated heterocycles. The molecule has 1 aromatic rings. The second-order valence-electron chi connectivity index (χ2n) is 4.66. The molecule has 0 spiro atoms. The average Bonchev–Trinajstić information content (AvgIpc) is 2.35. The van der Waals surface area contributed by atoms with Crippen molar-refractivity contribution in [3.63, 3.8) is 0 Å². The molecule has 1 unspecified atom stereocenters. The Labute approximate surface area is 120 Å². The maximum atomic E-state index is 12.2. The van der Waals surface area contributed by atoms with Crippen LogP contribution in [-0.4, -0.2) is 27.7 Å². The normalized spacial score (nSPS) is 15.0. The van der Waals surface area contributed by atoms with Gasteiger partial charge in [-0.15, -0.1) is 0 Å². The van der Waals surface area contributed by atoms with Crippen molar-refractivity contribution in [3.8, 4) is 0 Å². The number of carbonyl (C=O) groups is 1. The number of nitrogens with zero attached hydrogens (tertiary/aromatic N) is 1. The maximum Gasteiger partial charge on any atom is 0.471 e. The van der Waals surface area contributed by atoms with Crippen LogP contribution in [0.25, 0.3) is 0 Å². The van der Waals surface area contributed by atoms with Gasteiger partial charge in [0.15, 0.2) is 0 Å². The minimum atomic E-state index is -5.21. The molecule has 0 radical (unpaired) electrons. The third-order valence-corrected chi connectivity index (χ3v) is 4.43. The molecule has 0 bridgehead atoms. The molecule has 118 valence electrons. The Bertz CT molecular complexity index is 534. The topological polar surface area (TPSA) is 69.6 Å². The molecule has 0 aliphatic carbocycles. The van der Waals surface area contributed by atoms with E-state index in [2.05, 4.69) is 0 Å². The highest BCUT2D eigenvalue weighted by atomic mass is 31.2. The molecular formula is C12H16F3N2O3P. The summed E-state index contributed by atoms with van der Waals surface area (Å²) in [5, 5.41) is 1.17. The molecule has 1 atom stereocenters. The molecule has 2 N–H and O–H groups in total. The molecule has 1 rings (SSSR count). The summed E-state index contributed by atoms with van der Waals surface area (Å²) >= 11 is 0. The van der Waals surface area contributed by atoms with Crippen LogP contribution in [0.4, 0.5) is 13.2 Å². The molecule has 1 amide bonds. The highest BCUT2D eigenvalue weighted by molar-refractivity contribution is 7.54. The lowest BCUT2D eigenvalue weighted by Gasteiger charge is -2.30. The van der Waals surface area contributed by atoms with Crippen molar-refractivity contribution < 1.29 is 27.4 Å². The molecule has 21 heavy (non-hydrogen) atoms. The number of halogens is 3. The fourth-order valence-electron chi connectivity index (χ4n) is 1.62. The number of nitrogens with one attached hydrogen (secondary N) is 1. The molecule has 0 fully saturated rings. The van der Waals surface area contributed by atoms with Crippen molar-refractivity contribution in [2.45, 2.75) is 32.6 Å². The van der Waals surface area contributed by atoms with Crippen LogP contribution in [0.15, 0.2) is 30.3 Å². The monoisotopic (exact) mass is 324 g/mol. The zero-order chi connectivity index (χ0) is 16.3. The minimum absolute atomic E-state index is 0.0651. The number of rotatable bonds is 5. The Balaban J connectivity index is 2.94. The predicted molar refractivity (Wildman–Crippen MR) is 71.1 cm³/mol. The fourth-order valence-corrected chi connectivity index (χ4v) is 3.12. The van der Waals surface area contributed by atoms with Gasteiger partial charge in [-0.1, -0.05) is 30.3 Å². The molecular weight excluding hydrogens is 308 g/mol. The largest absolute Gasteiger partial charge is 0.471 e. The van der Waals surface area contributed by atoms with E-state index >= 15 is 0 Å². The number of hydrogen-bond donors (Lipinski definition) is 2. The van der Waals surface area contributed by atoms with Gasteiger partial charge in [-0.05, 0) is 19.4 Å². The minimum Gasteiger partial charge on any atom is -0.317 e. The molecule has 0 aromatic heterocycles. The quantitative estimate of drug-likeness (QED) is 0.817. The second kappa shape index (κ2) is 6.60. The Kier molecular flexibility index (Phi) is 5.55. The zero-order valence-corrected chi connectivity index (χ0v) is 12.4. The van der Waals surface area contributed by atoms with E-state index in [9.17, 15) is 27.4 Å². The molecule has 0 aliphatic rings. The van der Waals surface area contributed by atoms with Crippen LogP contribution in [0.1, 0.15) is 19.4 Å². The predicted octanol–water partition coefficient (Wildman–Crippen LogP) is 2.68. The number of benzene rings is 1. The first-order valence-corrected chi connectivity index (χ1v) is 7.68. The number of alkyl halides is 3. The summed E-state index contributed by atoms with van der Waals surface area (Å²) in [6.07, 6.45) is -5.21. The van der Waals surface area contributed by atoms with Crippen LogP contribution in [0.5, 0.6) is 0 Å². The Morgan fingerprint density at radius 2 is 1.86 bits per heavy atom. The Morgan fingerprint density at radius 1 is 1.33 bits per heavy atom. The first-order chi connectivity index (χ1) is 9.54. The third kappa shape index (κ3) is 5.15. The van der Waals surface area contributed by atoms with E-state index in [4.69, 9.17) is 0 Å². The van der Waals surface area contributed by atoms with Crippen molar-refractivity contribution in [2.75, 3.05) is 0 Å². The summed E-state index contributed by atoms with van der Waals surface area (Å²) in [5.74, 6) is -2.44. The molecule has 0 heterocycles. The highest BCUT2D eigenvalue weighted by Gasteiger charge is 2.44. The van der Waals surface area contributed by atoms with E-state index in [0.717, 1.165) is 4.67 Å². The van der Waals surface area contributed by atoms with Crippen LogP contribution in [0.2, 0.25) is 0 Å². The standard InChI is InChI=1S/C12H16F3N2O3P/c1-9(2)17(8-10-6-4-3-5-7-10)21(19,20)16-11(18)12(13,14)15/h3-7,9H,8H2,1-2H3,(H2,16,18,19,20). The van der Waals surface area contributed by atoms with Crippen molar-refractivity contribution in [1.29, 1.82) is 0 Å². The van der Waals surface area contributed by atoms with Crippen molar-refractivity contribution in [1.82, 2.24) is 9.76 Å². The second-order valence-corrected chi connectivity index (χ2v) is 6.49. The maximum absolute atomic E-state index is 12.2. The van der Waals surface area contributed by atoms with Crippen molar-refractivity contribution >= 4 is 13.6 Å². The van der Waals surface area contributed by atoms with Crippen molar-refractivity contribution in [3.05, 3.63) is 35.9 Å². The summed E-state index contributed by atoms with van der Waals surface area (Å²) in [6, 6.07) is 7.93. The van der Waals surface area contributed by atoms with Gasteiger partial charge < -0.3 is 4.89 Å². The van der Waals surface area contributed by atoms with Gasteiger partial charge in [0.05, 0.1) is 0 Å². The van der Waals surface area contributed by atoms with Crippen LogP contribution < -0.4 is 5.09 Å². The van der Waals surface area contributed by atoms with E-state index in [-0.39, 0.29) is 6.54 Å². The fraction of sp³-hybridized carbons (Fsp3) is 0.417. The van der Waals surface area contributed by atoms with E-state index in [1.165, 1.54) is 5.09 Å². The lowest BCUT2D eigenvalue weighted by Crippen LogP contribution is -2.40. The lowest BCUT2D eigenvalue weighted by molar-refractivity contribution is -0.171. The molecule has 1 aromatic carbocycles. The molecule has 0 saturated carbocycles. The van der Waals surface area contributed by atoms with E-state index in [1.807, 2.05) is 0 Å². The van der Waals surface area contributed by atoms with E-state index < -0.39 is 25.8 Å². The first kappa shape index (κ1) is 17.7. The van der Waals surface area contributed by atoms with Crippen LogP contribution >= 0.6 is 7.67 Å². The van der Waals surface area contributed by atoms with Gasteiger partial charge in [0.1, 0.15) is 0 Å². The van der Waals surface area contributed by atoms with Gasteiger partial charge in [0, 0.05) is 12.6 Å². The molecule has 5 nitrogen and oxygen atoms in total. The van der Waals surface area contributed by atoms with Gasteiger partial charge in [0.2, 0.25) is 0 Å². The average molecular weight is 324 g/mol. The number of carbonyl (C=O) groups excluding carboxylic acids is 1. The Hall–Kier alpha value is -1.37. The Morgan fingerprint density at radius 3 is 2.29 bits per heavy atom. The van der Waals surface area contributed by atoms with E-state index in [0.29, 0.717) is 5.56 Å². The molecule has 0 aliphatic heterocycles. The van der Waals surface area contributed by atoms with Gasteiger partial charge in [-0.25, -0.2) is 9.24 Å². The van der Waals surface area contributed by atoms with Gasteiger partial charge >= 0.3 is 19.8 Å². The summed E-state index contributed by atoms with van der Waals surface area (Å²) in [4.78, 5) is 20.7. The summed E-state index contributed by atoms with van der Waals surface area (Å²) in [6.45, 7) is 3.03. The van der Waals surface area contributed by atoms with Crippen molar-refractivity contribution in [2.24, 2.45) is 0 Å². The van der Waals surface area contributed by atoms with Crippen LogP contribution in [0, 0.1) is 0 Å². The zero-order valence-electron chi connectivity index (χ0n) is 11.5. The SMILES string of the molecule is CC(C)N(Cc1ccccc1)P(=O)(O)NC(=O)C(F)(F)F. The number of amides is 1.